The van der Waals surface area contributed by atoms with Crippen LogP contribution in [0.3, 0.4) is 0 Å². The third kappa shape index (κ3) is 5.07. The fraction of sp³-hybridized carbons (Fsp3) is 0.409. The molecular formula is C22H26ClN3O3. The van der Waals surface area contributed by atoms with Gasteiger partial charge in [0.2, 0.25) is 0 Å². The quantitative estimate of drug-likeness (QED) is 0.682. The van der Waals surface area contributed by atoms with Crippen LogP contribution in [0.5, 0.6) is 0 Å². The molecular weight excluding hydrogens is 390 g/mol. The first-order valence-corrected chi connectivity index (χ1v) is 10.3. The van der Waals surface area contributed by atoms with Gasteiger partial charge in [0.05, 0.1) is 5.71 Å². The third-order valence-corrected chi connectivity index (χ3v) is 5.19. The molecule has 0 atom stereocenters. The molecule has 0 radical (unpaired) electrons. The van der Waals surface area contributed by atoms with Crippen LogP contribution in [0, 0.1) is 12.8 Å². The van der Waals surface area contributed by atoms with Gasteiger partial charge in [-0.1, -0.05) is 25.4 Å². The van der Waals surface area contributed by atoms with Crippen molar-refractivity contribution in [2.75, 3.05) is 6.54 Å². The Morgan fingerprint density at radius 2 is 1.90 bits per heavy atom. The van der Waals surface area contributed by atoms with E-state index in [0.717, 1.165) is 41.9 Å². The van der Waals surface area contributed by atoms with Crippen molar-refractivity contribution in [2.24, 2.45) is 11.0 Å². The van der Waals surface area contributed by atoms with Gasteiger partial charge in [0.25, 0.3) is 11.8 Å². The Morgan fingerprint density at radius 3 is 2.59 bits per heavy atom. The number of carbonyl (C=O) groups excluding carboxylic acids is 2. The molecule has 0 aliphatic heterocycles. The highest BCUT2D eigenvalue weighted by Crippen LogP contribution is 2.29. The largest absolute Gasteiger partial charge is 0.455 e. The molecule has 1 aliphatic rings. The number of nitrogens with zero attached hydrogens (tertiary/aromatic N) is 1. The van der Waals surface area contributed by atoms with E-state index in [4.69, 9.17) is 16.0 Å². The van der Waals surface area contributed by atoms with E-state index in [1.807, 2.05) is 6.92 Å². The average Bonchev–Trinajstić information content (AvgIpc) is 3.03. The predicted molar refractivity (Wildman–Crippen MR) is 114 cm³/mol. The van der Waals surface area contributed by atoms with Crippen LogP contribution in [0.4, 0.5) is 0 Å². The maximum Gasteiger partial charge on any atom is 0.287 e. The van der Waals surface area contributed by atoms with E-state index in [1.54, 1.807) is 24.3 Å². The zero-order chi connectivity index (χ0) is 21.0. The van der Waals surface area contributed by atoms with Gasteiger partial charge in [-0.05, 0) is 56.4 Å². The van der Waals surface area contributed by atoms with Gasteiger partial charge >= 0.3 is 0 Å². The topological polar surface area (TPSA) is 83.7 Å². The van der Waals surface area contributed by atoms with Crippen LogP contribution >= 0.6 is 11.6 Å². The minimum atomic E-state index is -0.311. The lowest BCUT2D eigenvalue weighted by Crippen LogP contribution is -2.25. The molecule has 0 bridgehead atoms. The van der Waals surface area contributed by atoms with Crippen molar-refractivity contribution in [3.05, 3.63) is 57.5 Å². The molecule has 1 heterocycles. The molecule has 2 N–H and O–H groups in total. The number of halogens is 1. The van der Waals surface area contributed by atoms with Crippen molar-refractivity contribution in [3.8, 4) is 0 Å². The molecule has 0 saturated heterocycles. The molecule has 0 fully saturated rings. The molecule has 154 valence electrons. The molecule has 0 unspecified atom stereocenters. The number of fused-ring (bicyclic) bond motifs is 1. The Bertz CT molecular complexity index is 930. The van der Waals surface area contributed by atoms with E-state index in [0.29, 0.717) is 35.2 Å². The Hall–Kier alpha value is -2.60. The van der Waals surface area contributed by atoms with Crippen molar-refractivity contribution < 1.29 is 14.0 Å². The maximum absolute atomic E-state index is 12.5. The second-order valence-corrected chi connectivity index (χ2v) is 8.09. The normalized spacial score (nSPS) is 14.7. The predicted octanol–water partition coefficient (Wildman–Crippen LogP) is 4.49. The fourth-order valence-corrected chi connectivity index (χ4v) is 3.46. The van der Waals surface area contributed by atoms with Crippen molar-refractivity contribution in [1.82, 2.24) is 10.7 Å². The SMILES string of the molecule is Cc1c(C(=O)NCCC(C)C)oc2c1/C(=N/NC(=O)c1ccc(Cl)cc1)CCC2. The number of carbonyl (C=O) groups is 2. The van der Waals surface area contributed by atoms with Crippen molar-refractivity contribution in [1.29, 1.82) is 0 Å². The number of hydrogen-bond acceptors (Lipinski definition) is 4. The lowest BCUT2D eigenvalue weighted by molar-refractivity contribution is 0.0920. The maximum atomic E-state index is 12.5. The average molecular weight is 416 g/mol. The molecule has 6 nitrogen and oxygen atoms in total. The van der Waals surface area contributed by atoms with E-state index in [2.05, 4.69) is 29.7 Å². The molecule has 0 saturated carbocycles. The first-order chi connectivity index (χ1) is 13.9. The molecule has 1 aromatic carbocycles. The smallest absolute Gasteiger partial charge is 0.287 e. The van der Waals surface area contributed by atoms with E-state index in [9.17, 15) is 9.59 Å². The second kappa shape index (κ2) is 9.27. The first-order valence-electron chi connectivity index (χ1n) is 9.90. The molecule has 2 amide bonds. The Labute approximate surface area is 175 Å². The number of furan rings is 1. The molecule has 2 aromatic rings. The Balaban J connectivity index is 1.76. The zero-order valence-corrected chi connectivity index (χ0v) is 17.7. The molecule has 0 spiro atoms. The number of nitrogens with one attached hydrogen (secondary N) is 2. The lowest BCUT2D eigenvalue weighted by atomic mass is 9.93. The van der Waals surface area contributed by atoms with E-state index in [-0.39, 0.29) is 11.8 Å². The van der Waals surface area contributed by atoms with Gasteiger partial charge in [0.15, 0.2) is 5.76 Å². The number of amides is 2. The fourth-order valence-electron chi connectivity index (χ4n) is 3.34. The van der Waals surface area contributed by atoms with Crippen LogP contribution in [0.15, 0.2) is 33.8 Å². The highest BCUT2D eigenvalue weighted by molar-refractivity contribution is 6.30. The summed E-state index contributed by atoms with van der Waals surface area (Å²) in [5.74, 6) is 1.08. The standard InChI is InChI=1S/C22H26ClN3O3/c1-13(2)11-12-24-22(28)20-14(3)19-17(5-4-6-18(19)29-20)25-26-21(27)15-7-9-16(23)10-8-15/h7-10,13H,4-6,11-12H2,1-3H3,(H,24,28)(H,26,27)/b25-17+. The summed E-state index contributed by atoms with van der Waals surface area (Å²) in [6.45, 7) is 6.70. The second-order valence-electron chi connectivity index (χ2n) is 7.65. The summed E-state index contributed by atoms with van der Waals surface area (Å²) in [6.07, 6.45) is 3.22. The van der Waals surface area contributed by atoms with Crippen LogP contribution in [0.25, 0.3) is 0 Å². The van der Waals surface area contributed by atoms with Gasteiger partial charge in [-0.2, -0.15) is 5.10 Å². The van der Waals surface area contributed by atoms with E-state index in [1.165, 1.54) is 0 Å². The van der Waals surface area contributed by atoms with Crippen molar-refractivity contribution in [2.45, 2.75) is 46.5 Å². The van der Waals surface area contributed by atoms with Crippen LogP contribution in [-0.4, -0.2) is 24.1 Å². The summed E-state index contributed by atoms with van der Waals surface area (Å²) in [5, 5.41) is 7.82. The minimum absolute atomic E-state index is 0.206. The van der Waals surface area contributed by atoms with Crippen LogP contribution in [0.2, 0.25) is 5.02 Å². The summed E-state index contributed by atoms with van der Waals surface area (Å²) in [5.41, 5.74) is 5.41. The third-order valence-electron chi connectivity index (χ3n) is 4.94. The van der Waals surface area contributed by atoms with Gasteiger partial charge in [-0.25, -0.2) is 5.43 Å². The highest BCUT2D eigenvalue weighted by atomic mass is 35.5. The number of rotatable bonds is 6. The Morgan fingerprint density at radius 1 is 1.17 bits per heavy atom. The van der Waals surface area contributed by atoms with Crippen LogP contribution in [-0.2, 0) is 6.42 Å². The van der Waals surface area contributed by atoms with Crippen LogP contribution in [0.1, 0.15) is 70.9 Å². The lowest BCUT2D eigenvalue weighted by Gasteiger charge is -2.13. The molecule has 7 heteroatoms. The highest BCUT2D eigenvalue weighted by Gasteiger charge is 2.28. The van der Waals surface area contributed by atoms with Crippen LogP contribution < -0.4 is 10.7 Å². The monoisotopic (exact) mass is 415 g/mol. The van der Waals surface area contributed by atoms with Gasteiger partial charge in [-0.3, -0.25) is 9.59 Å². The minimum Gasteiger partial charge on any atom is -0.455 e. The zero-order valence-electron chi connectivity index (χ0n) is 17.0. The van der Waals surface area contributed by atoms with Crippen molar-refractivity contribution in [3.63, 3.8) is 0 Å². The number of benzene rings is 1. The Kier molecular flexibility index (Phi) is 6.75. The van der Waals surface area contributed by atoms with E-state index >= 15 is 0 Å². The van der Waals surface area contributed by atoms with E-state index < -0.39 is 0 Å². The van der Waals surface area contributed by atoms with Gasteiger partial charge in [-0.15, -0.1) is 0 Å². The summed E-state index contributed by atoms with van der Waals surface area (Å²) >= 11 is 5.86. The summed E-state index contributed by atoms with van der Waals surface area (Å²) < 4.78 is 5.87. The molecule has 1 aromatic heterocycles. The van der Waals surface area contributed by atoms with Gasteiger partial charge in [0, 0.05) is 34.7 Å². The molecule has 29 heavy (non-hydrogen) atoms. The molecule has 1 aliphatic carbocycles. The summed E-state index contributed by atoms with van der Waals surface area (Å²) in [6, 6.07) is 6.61. The number of aryl methyl sites for hydroxylation is 1. The first kappa shape index (κ1) is 21.1. The molecule has 3 rings (SSSR count). The van der Waals surface area contributed by atoms with Gasteiger partial charge in [0.1, 0.15) is 5.76 Å². The summed E-state index contributed by atoms with van der Waals surface area (Å²) in [4.78, 5) is 24.9. The number of hydrogen-bond donors (Lipinski definition) is 2. The van der Waals surface area contributed by atoms with Gasteiger partial charge < -0.3 is 9.73 Å². The number of hydrazone groups is 1. The summed E-state index contributed by atoms with van der Waals surface area (Å²) in [7, 11) is 0. The van der Waals surface area contributed by atoms with Crippen molar-refractivity contribution >= 4 is 29.1 Å².